The number of amides is 1. The molecule has 1 aromatic rings. The Balaban J connectivity index is 1.88. The third-order valence-corrected chi connectivity index (χ3v) is 3.38. The van der Waals surface area contributed by atoms with Crippen LogP contribution in [0.5, 0.6) is 0 Å². The second-order valence-electron chi connectivity index (χ2n) is 5.22. The molecule has 0 spiro atoms. The van der Waals surface area contributed by atoms with Crippen molar-refractivity contribution in [1.29, 1.82) is 0 Å². The summed E-state index contributed by atoms with van der Waals surface area (Å²) in [5.41, 5.74) is 0.581. The minimum atomic E-state index is 0.0473. The van der Waals surface area contributed by atoms with Gasteiger partial charge in [0.25, 0.3) is 5.91 Å². The summed E-state index contributed by atoms with van der Waals surface area (Å²) in [5, 5.41) is 0.580. The SMILES string of the molecule is CC(C)CN1CCN(C(=O)c2cc(Cl)c[nH]2)CC1. The number of aromatic amines is 1. The lowest BCUT2D eigenvalue weighted by atomic mass is 10.2. The van der Waals surface area contributed by atoms with Crippen LogP contribution in [0.4, 0.5) is 0 Å². The number of hydrogen-bond acceptors (Lipinski definition) is 2. The summed E-state index contributed by atoms with van der Waals surface area (Å²) in [6.45, 7) is 9.05. The maximum Gasteiger partial charge on any atom is 0.270 e. The molecule has 0 unspecified atom stereocenters. The number of nitrogens with one attached hydrogen (secondary N) is 1. The van der Waals surface area contributed by atoms with Crippen molar-refractivity contribution in [1.82, 2.24) is 14.8 Å². The van der Waals surface area contributed by atoms with Crippen molar-refractivity contribution in [3.05, 3.63) is 23.0 Å². The van der Waals surface area contributed by atoms with E-state index in [4.69, 9.17) is 11.6 Å². The van der Waals surface area contributed by atoms with Crippen molar-refractivity contribution < 1.29 is 4.79 Å². The van der Waals surface area contributed by atoms with Crippen molar-refractivity contribution >= 4 is 17.5 Å². The molecule has 4 nitrogen and oxygen atoms in total. The molecule has 1 aliphatic heterocycles. The predicted molar refractivity (Wildman–Crippen MR) is 73.0 cm³/mol. The largest absolute Gasteiger partial charge is 0.356 e. The van der Waals surface area contributed by atoms with E-state index in [9.17, 15) is 4.79 Å². The van der Waals surface area contributed by atoms with E-state index < -0.39 is 0 Å². The van der Waals surface area contributed by atoms with E-state index in [1.54, 1.807) is 12.3 Å². The van der Waals surface area contributed by atoms with Crippen LogP contribution in [-0.2, 0) is 0 Å². The molecular formula is C13H20ClN3O. The fourth-order valence-corrected chi connectivity index (χ4v) is 2.48. The highest BCUT2D eigenvalue weighted by atomic mass is 35.5. The molecule has 18 heavy (non-hydrogen) atoms. The highest BCUT2D eigenvalue weighted by Crippen LogP contribution is 2.13. The smallest absolute Gasteiger partial charge is 0.270 e. The maximum absolute atomic E-state index is 12.2. The molecule has 1 N–H and O–H groups in total. The molecule has 1 amide bonds. The van der Waals surface area contributed by atoms with Gasteiger partial charge in [-0.2, -0.15) is 0 Å². The molecule has 100 valence electrons. The average molecular weight is 270 g/mol. The minimum Gasteiger partial charge on any atom is -0.356 e. The Hall–Kier alpha value is -1.00. The third kappa shape index (κ3) is 3.27. The van der Waals surface area contributed by atoms with E-state index in [1.165, 1.54) is 0 Å². The molecule has 2 heterocycles. The molecule has 1 fully saturated rings. The minimum absolute atomic E-state index is 0.0473. The first-order valence-corrected chi connectivity index (χ1v) is 6.79. The Labute approximate surface area is 113 Å². The summed E-state index contributed by atoms with van der Waals surface area (Å²) in [6.07, 6.45) is 1.64. The maximum atomic E-state index is 12.2. The van der Waals surface area contributed by atoms with Crippen LogP contribution in [0.25, 0.3) is 0 Å². The molecule has 0 radical (unpaired) electrons. The summed E-state index contributed by atoms with van der Waals surface area (Å²) in [4.78, 5) is 19.4. The average Bonchev–Trinajstić information content (AvgIpc) is 2.75. The van der Waals surface area contributed by atoms with E-state index in [0.29, 0.717) is 16.6 Å². The fraction of sp³-hybridized carbons (Fsp3) is 0.615. The van der Waals surface area contributed by atoms with Crippen molar-refractivity contribution in [2.75, 3.05) is 32.7 Å². The number of halogens is 1. The molecule has 0 atom stereocenters. The Kier molecular flexibility index (Phi) is 4.30. The number of H-pyrrole nitrogens is 1. The highest BCUT2D eigenvalue weighted by molar-refractivity contribution is 6.30. The van der Waals surface area contributed by atoms with Gasteiger partial charge in [-0.3, -0.25) is 9.69 Å². The number of carbonyl (C=O) groups is 1. The lowest BCUT2D eigenvalue weighted by molar-refractivity contribution is 0.0619. The normalized spacial score (nSPS) is 17.4. The Morgan fingerprint density at radius 1 is 1.39 bits per heavy atom. The number of nitrogens with zero attached hydrogens (tertiary/aromatic N) is 2. The predicted octanol–water partition coefficient (Wildman–Crippen LogP) is 2.08. The van der Waals surface area contributed by atoms with Crippen LogP contribution in [0.2, 0.25) is 5.02 Å². The lowest BCUT2D eigenvalue weighted by Gasteiger charge is -2.35. The van der Waals surface area contributed by atoms with Gasteiger partial charge in [-0.1, -0.05) is 25.4 Å². The number of carbonyl (C=O) groups excluding carboxylic acids is 1. The van der Waals surface area contributed by atoms with Gasteiger partial charge < -0.3 is 9.88 Å². The number of hydrogen-bond donors (Lipinski definition) is 1. The molecule has 0 bridgehead atoms. The molecule has 5 heteroatoms. The van der Waals surface area contributed by atoms with Gasteiger partial charge in [0.2, 0.25) is 0 Å². The molecule has 1 saturated heterocycles. The van der Waals surface area contributed by atoms with Crippen molar-refractivity contribution in [2.24, 2.45) is 5.92 Å². The van der Waals surface area contributed by atoms with Crippen LogP contribution in [0, 0.1) is 5.92 Å². The first-order valence-electron chi connectivity index (χ1n) is 6.42. The third-order valence-electron chi connectivity index (χ3n) is 3.16. The van der Waals surface area contributed by atoms with Gasteiger partial charge in [0, 0.05) is 38.9 Å². The summed E-state index contributed by atoms with van der Waals surface area (Å²) in [6, 6.07) is 1.68. The molecular weight excluding hydrogens is 250 g/mol. The van der Waals surface area contributed by atoms with Gasteiger partial charge in [-0.25, -0.2) is 0 Å². The van der Waals surface area contributed by atoms with E-state index in [0.717, 1.165) is 32.7 Å². The first-order chi connectivity index (χ1) is 8.56. The van der Waals surface area contributed by atoms with Crippen LogP contribution in [0.3, 0.4) is 0 Å². The fourth-order valence-electron chi connectivity index (χ4n) is 2.31. The Morgan fingerprint density at radius 2 is 2.06 bits per heavy atom. The lowest BCUT2D eigenvalue weighted by Crippen LogP contribution is -2.49. The van der Waals surface area contributed by atoms with Gasteiger partial charge in [-0.15, -0.1) is 0 Å². The van der Waals surface area contributed by atoms with E-state index in [2.05, 4.69) is 23.7 Å². The van der Waals surface area contributed by atoms with Gasteiger partial charge in [-0.05, 0) is 12.0 Å². The van der Waals surface area contributed by atoms with Crippen LogP contribution >= 0.6 is 11.6 Å². The van der Waals surface area contributed by atoms with Crippen LogP contribution in [-0.4, -0.2) is 53.4 Å². The zero-order chi connectivity index (χ0) is 13.1. The first kappa shape index (κ1) is 13.4. The van der Waals surface area contributed by atoms with Crippen molar-refractivity contribution in [2.45, 2.75) is 13.8 Å². The number of rotatable bonds is 3. The van der Waals surface area contributed by atoms with Crippen LogP contribution in [0.1, 0.15) is 24.3 Å². The Morgan fingerprint density at radius 3 is 2.56 bits per heavy atom. The van der Waals surface area contributed by atoms with E-state index >= 15 is 0 Å². The molecule has 0 aromatic carbocycles. The van der Waals surface area contributed by atoms with Gasteiger partial charge >= 0.3 is 0 Å². The van der Waals surface area contributed by atoms with E-state index in [-0.39, 0.29) is 5.91 Å². The molecule has 0 aliphatic carbocycles. The second kappa shape index (κ2) is 5.76. The topological polar surface area (TPSA) is 39.3 Å². The summed E-state index contributed by atoms with van der Waals surface area (Å²) < 4.78 is 0. The Bertz CT molecular complexity index is 408. The quantitative estimate of drug-likeness (QED) is 0.913. The van der Waals surface area contributed by atoms with Crippen molar-refractivity contribution in [3.63, 3.8) is 0 Å². The summed E-state index contributed by atoms with van der Waals surface area (Å²) >= 11 is 5.81. The van der Waals surface area contributed by atoms with Crippen molar-refractivity contribution in [3.8, 4) is 0 Å². The summed E-state index contributed by atoms with van der Waals surface area (Å²) in [5.74, 6) is 0.723. The van der Waals surface area contributed by atoms with Crippen LogP contribution in [0.15, 0.2) is 12.3 Å². The zero-order valence-electron chi connectivity index (χ0n) is 10.9. The monoisotopic (exact) mass is 269 g/mol. The van der Waals surface area contributed by atoms with Gasteiger partial charge in [0.1, 0.15) is 5.69 Å². The van der Waals surface area contributed by atoms with Gasteiger partial charge in [0.05, 0.1) is 5.02 Å². The molecule has 2 rings (SSSR count). The van der Waals surface area contributed by atoms with Crippen LogP contribution < -0.4 is 0 Å². The molecule has 1 aromatic heterocycles. The molecule has 0 saturated carbocycles. The number of aromatic nitrogens is 1. The molecule has 1 aliphatic rings. The summed E-state index contributed by atoms with van der Waals surface area (Å²) in [7, 11) is 0. The highest BCUT2D eigenvalue weighted by Gasteiger charge is 2.23. The van der Waals surface area contributed by atoms with E-state index in [1.807, 2.05) is 4.90 Å². The standard InChI is InChI=1S/C13H20ClN3O/c1-10(2)9-16-3-5-17(6-4-16)13(18)12-7-11(14)8-15-12/h7-8,10,15H,3-6,9H2,1-2H3. The second-order valence-corrected chi connectivity index (χ2v) is 5.65. The zero-order valence-corrected chi connectivity index (χ0v) is 11.7. The van der Waals surface area contributed by atoms with Gasteiger partial charge in [0.15, 0.2) is 0 Å². The number of piperazine rings is 1.